The van der Waals surface area contributed by atoms with Gasteiger partial charge in [-0.1, -0.05) is 30.7 Å². The van der Waals surface area contributed by atoms with Crippen LogP contribution >= 0.6 is 0 Å². The summed E-state index contributed by atoms with van der Waals surface area (Å²) >= 11 is 0. The number of alkyl halides is 3. The van der Waals surface area contributed by atoms with Crippen molar-refractivity contribution in [2.24, 2.45) is 5.73 Å². The molecule has 0 bridgehead atoms. The lowest BCUT2D eigenvalue weighted by Gasteiger charge is -2.34. The number of H-pyrrole nitrogens is 1. The van der Waals surface area contributed by atoms with Gasteiger partial charge in [0.25, 0.3) is 0 Å². The minimum absolute atomic E-state index is 0.182. The lowest BCUT2D eigenvalue weighted by molar-refractivity contribution is -0.131. The molecule has 11 heteroatoms. The van der Waals surface area contributed by atoms with Crippen LogP contribution in [0.15, 0.2) is 36.7 Å². The van der Waals surface area contributed by atoms with Gasteiger partial charge >= 0.3 is 6.18 Å². The van der Waals surface area contributed by atoms with Crippen LogP contribution in [0.2, 0.25) is 0 Å². The summed E-state index contributed by atoms with van der Waals surface area (Å²) < 4.78 is 37.1. The van der Waals surface area contributed by atoms with E-state index in [0.29, 0.717) is 12.2 Å². The lowest BCUT2D eigenvalue weighted by Crippen LogP contribution is -2.46. The minimum Gasteiger partial charge on any atom is -0.354 e. The van der Waals surface area contributed by atoms with Crippen molar-refractivity contribution in [2.75, 3.05) is 64.2 Å². The minimum atomic E-state index is -4.21. The number of aromatic amines is 1. The first kappa shape index (κ1) is 28.3. The fourth-order valence-electron chi connectivity index (χ4n) is 4.76. The average molecular weight is 533 g/mol. The van der Waals surface area contributed by atoms with Gasteiger partial charge in [-0.3, -0.25) is 4.90 Å². The fraction of sp³-hybridized carbons (Fsp3) is 0.556. The monoisotopic (exact) mass is 532 g/mol. The number of rotatable bonds is 14. The Labute approximate surface area is 222 Å². The van der Waals surface area contributed by atoms with Gasteiger partial charge in [0.15, 0.2) is 0 Å². The molecule has 0 radical (unpaired) electrons. The van der Waals surface area contributed by atoms with Crippen LogP contribution in [0.4, 0.5) is 19.1 Å². The number of halogens is 3. The Bertz CT molecular complexity index is 1110. The highest BCUT2D eigenvalue weighted by Crippen LogP contribution is 2.28. The van der Waals surface area contributed by atoms with Crippen molar-refractivity contribution in [2.45, 2.75) is 38.4 Å². The Kier molecular flexibility index (Phi) is 10.3. The van der Waals surface area contributed by atoms with Gasteiger partial charge in [-0.25, -0.2) is 4.98 Å². The maximum Gasteiger partial charge on any atom is 0.390 e. The first-order valence-corrected chi connectivity index (χ1v) is 13.5. The topological polar surface area (TPSA) is 98.1 Å². The van der Waals surface area contributed by atoms with E-state index in [4.69, 9.17) is 5.73 Å². The predicted molar refractivity (Wildman–Crippen MR) is 146 cm³/mol. The Morgan fingerprint density at radius 3 is 2.45 bits per heavy atom. The second kappa shape index (κ2) is 13.9. The molecule has 38 heavy (non-hydrogen) atoms. The van der Waals surface area contributed by atoms with Gasteiger partial charge in [0.1, 0.15) is 5.65 Å². The number of hydrogen-bond donors (Lipinski definition) is 4. The van der Waals surface area contributed by atoms with Crippen LogP contribution in [0.3, 0.4) is 0 Å². The number of nitrogens with one attached hydrogen (secondary N) is 3. The third-order valence-corrected chi connectivity index (χ3v) is 6.91. The molecule has 3 aromatic rings. The number of unbranched alkanes of at least 4 members (excludes halogenated alkanes) is 2. The van der Waals surface area contributed by atoms with Crippen LogP contribution in [-0.2, 0) is 6.54 Å². The smallest absolute Gasteiger partial charge is 0.354 e. The van der Waals surface area contributed by atoms with E-state index in [1.807, 2.05) is 6.20 Å². The van der Waals surface area contributed by atoms with Crippen molar-refractivity contribution < 1.29 is 13.2 Å². The number of hydrogen-bond acceptors (Lipinski definition) is 7. The molecule has 0 unspecified atom stereocenters. The van der Waals surface area contributed by atoms with Crippen molar-refractivity contribution in [1.82, 2.24) is 30.1 Å². The Balaban J connectivity index is 1.22. The van der Waals surface area contributed by atoms with Crippen molar-refractivity contribution in [3.05, 3.63) is 42.2 Å². The van der Waals surface area contributed by atoms with E-state index >= 15 is 0 Å². The van der Waals surface area contributed by atoms with Crippen LogP contribution in [0.25, 0.3) is 22.2 Å². The van der Waals surface area contributed by atoms with Gasteiger partial charge in [-0.05, 0) is 37.1 Å². The normalized spacial score (nSPS) is 15.4. The van der Waals surface area contributed by atoms with Crippen LogP contribution in [0.5, 0.6) is 0 Å². The molecule has 8 nitrogen and oxygen atoms in total. The van der Waals surface area contributed by atoms with Crippen LogP contribution in [0, 0.1) is 0 Å². The second-order valence-corrected chi connectivity index (χ2v) is 9.86. The van der Waals surface area contributed by atoms with E-state index < -0.39 is 12.6 Å². The number of nitrogens with two attached hydrogens (primary N) is 1. The summed E-state index contributed by atoms with van der Waals surface area (Å²) in [5.74, 6) is 0.182. The highest BCUT2D eigenvalue weighted by atomic mass is 19.4. The van der Waals surface area contributed by atoms with E-state index in [1.165, 1.54) is 31.4 Å². The summed E-state index contributed by atoms with van der Waals surface area (Å²) in [4.78, 5) is 16.7. The van der Waals surface area contributed by atoms with Gasteiger partial charge in [-0.2, -0.15) is 18.2 Å². The lowest BCUT2D eigenvalue weighted by atomic mass is 10.0. The number of anilines is 1. The number of piperazine rings is 1. The number of benzene rings is 1. The predicted octanol–water partition coefficient (Wildman–Crippen LogP) is 3.83. The highest BCUT2D eigenvalue weighted by Gasteiger charge is 2.26. The zero-order valence-electron chi connectivity index (χ0n) is 21.9. The molecular formula is C27H39F3N8. The summed E-state index contributed by atoms with van der Waals surface area (Å²) in [6.45, 7) is 8.92. The SMILES string of the molecule is NCCNCCCCCN1CCN(Cc2ccc(-c3c[nH]c4nc(NCCC(F)(F)F)ncc34)cc2)CC1. The average Bonchev–Trinajstić information content (AvgIpc) is 3.32. The highest BCUT2D eigenvalue weighted by molar-refractivity contribution is 5.93. The van der Waals surface area contributed by atoms with Gasteiger partial charge in [0.2, 0.25) is 5.95 Å². The number of aromatic nitrogens is 3. The standard InChI is InChI=1S/C27H39F3N8/c28-27(29,30)8-11-33-26-35-19-24-23(18-34-25(24)36-26)22-6-4-21(5-7-22)20-38-16-14-37(15-17-38)13-3-1-2-10-32-12-9-31/h4-7,18-19,32H,1-3,8-17,20,31H2,(H2,33,34,35,36). The van der Waals surface area contributed by atoms with Crippen molar-refractivity contribution in [3.63, 3.8) is 0 Å². The van der Waals surface area contributed by atoms with Gasteiger partial charge in [0.05, 0.1) is 6.42 Å². The molecular weight excluding hydrogens is 493 g/mol. The molecule has 5 N–H and O–H groups in total. The van der Waals surface area contributed by atoms with Gasteiger partial charge in [0, 0.05) is 75.7 Å². The van der Waals surface area contributed by atoms with Crippen molar-refractivity contribution in [3.8, 4) is 11.1 Å². The Hall–Kier alpha value is -2.73. The van der Waals surface area contributed by atoms with Crippen molar-refractivity contribution in [1.29, 1.82) is 0 Å². The van der Waals surface area contributed by atoms with E-state index in [-0.39, 0.29) is 12.5 Å². The second-order valence-electron chi connectivity index (χ2n) is 9.86. The molecule has 1 aliphatic rings. The largest absolute Gasteiger partial charge is 0.390 e. The summed E-state index contributed by atoms with van der Waals surface area (Å²) in [6, 6.07) is 8.53. The fourth-order valence-corrected chi connectivity index (χ4v) is 4.76. The maximum atomic E-state index is 12.4. The molecule has 208 valence electrons. The molecule has 1 fully saturated rings. The van der Waals surface area contributed by atoms with Gasteiger partial charge in [-0.15, -0.1) is 0 Å². The van der Waals surface area contributed by atoms with E-state index in [9.17, 15) is 13.2 Å². The third kappa shape index (κ3) is 8.65. The van der Waals surface area contributed by atoms with E-state index in [0.717, 1.165) is 62.3 Å². The molecule has 1 saturated heterocycles. The summed E-state index contributed by atoms with van der Waals surface area (Å²) in [6.07, 6.45) is 2.10. The molecule has 0 saturated carbocycles. The third-order valence-electron chi connectivity index (χ3n) is 6.91. The zero-order chi connectivity index (χ0) is 26.8. The first-order chi connectivity index (χ1) is 18.4. The summed E-state index contributed by atoms with van der Waals surface area (Å²) in [7, 11) is 0. The first-order valence-electron chi connectivity index (χ1n) is 13.5. The van der Waals surface area contributed by atoms with Crippen LogP contribution in [-0.4, -0.2) is 89.8 Å². The van der Waals surface area contributed by atoms with Crippen molar-refractivity contribution >= 4 is 17.0 Å². The number of fused-ring (bicyclic) bond motifs is 1. The summed E-state index contributed by atoms with van der Waals surface area (Å²) in [5, 5.41) is 6.82. The quantitative estimate of drug-likeness (QED) is 0.234. The van der Waals surface area contributed by atoms with E-state index in [2.05, 4.69) is 59.7 Å². The molecule has 4 rings (SSSR count). The van der Waals surface area contributed by atoms with Crippen LogP contribution in [0.1, 0.15) is 31.2 Å². The zero-order valence-corrected chi connectivity index (χ0v) is 21.9. The molecule has 0 atom stereocenters. The maximum absolute atomic E-state index is 12.4. The van der Waals surface area contributed by atoms with Crippen LogP contribution < -0.4 is 16.4 Å². The molecule has 0 aliphatic carbocycles. The van der Waals surface area contributed by atoms with E-state index in [1.54, 1.807) is 6.20 Å². The molecule has 0 spiro atoms. The molecule has 3 heterocycles. The molecule has 2 aromatic heterocycles. The Morgan fingerprint density at radius 2 is 1.71 bits per heavy atom. The molecule has 0 amide bonds. The molecule has 1 aromatic carbocycles. The summed E-state index contributed by atoms with van der Waals surface area (Å²) in [5.41, 5.74) is 9.38. The number of nitrogens with zero attached hydrogens (tertiary/aromatic N) is 4. The Morgan fingerprint density at radius 1 is 0.947 bits per heavy atom. The molecule has 1 aliphatic heterocycles. The van der Waals surface area contributed by atoms with Gasteiger partial charge < -0.3 is 26.3 Å².